The maximum Gasteiger partial charge on any atom is 0.164 e. The van der Waals surface area contributed by atoms with Gasteiger partial charge in [0.2, 0.25) is 0 Å². The molecule has 1 atom stereocenters. The fourth-order valence-electron chi connectivity index (χ4n) is 4.23. The van der Waals surface area contributed by atoms with E-state index in [4.69, 9.17) is 16.6 Å². The maximum atomic E-state index is 14.8. The zero-order chi connectivity index (χ0) is 22.1. The van der Waals surface area contributed by atoms with Crippen LogP contribution in [0, 0.1) is 17.6 Å². The molecule has 0 aliphatic carbocycles. The van der Waals surface area contributed by atoms with E-state index >= 15 is 0 Å². The van der Waals surface area contributed by atoms with Crippen molar-refractivity contribution < 1.29 is 8.78 Å². The lowest BCUT2D eigenvalue weighted by molar-refractivity contribution is 0.489. The van der Waals surface area contributed by atoms with Gasteiger partial charge in [-0.3, -0.25) is 0 Å². The lowest BCUT2D eigenvalue weighted by atomic mass is 10.1. The minimum atomic E-state index is -0.425. The Morgan fingerprint density at radius 1 is 1.03 bits per heavy atom. The SMILES string of the molecule is Fc1ccccc1CCc1ncc2nc(-c3c(F)cccc3Cl)n(CC3CCNC3)c2n1. The van der Waals surface area contributed by atoms with Crippen LogP contribution in [0.5, 0.6) is 0 Å². The number of nitrogens with one attached hydrogen (secondary N) is 1. The molecule has 1 saturated heterocycles. The molecule has 8 heteroatoms. The summed E-state index contributed by atoms with van der Waals surface area (Å²) < 4.78 is 30.7. The third-order valence-electron chi connectivity index (χ3n) is 5.90. The van der Waals surface area contributed by atoms with E-state index in [-0.39, 0.29) is 11.4 Å². The van der Waals surface area contributed by atoms with Crippen LogP contribution in [0.3, 0.4) is 0 Å². The Bertz CT molecular complexity index is 1250. The molecule has 0 amide bonds. The van der Waals surface area contributed by atoms with E-state index in [1.165, 1.54) is 12.1 Å². The number of hydrogen-bond acceptors (Lipinski definition) is 4. The molecule has 0 radical (unpaired) electrons. The number of imidazole rings is 1. The average Bonchev–Trinajstić information content (AvgIpc) is 3.42. The third-order valence-corrected chi connectivity index (χ3v) is 6.22. The minimum Gasteiger partial charge on any atom is -0.316 e. The summed E-state index contributed by atoms with van der Waals surface area (Å²) >= 11 is 6.37. The third kappa shape index (κ3) is 4.10. The summed E-state index contributed by atoms with van der Waals surface area (Å²) in [7, 11) is 0. The van der Waals surface area contributed by atoms with E-state index in [0.717, 1.165) is 19.5 Å². The molecule has 1 unspecified atom stereocenters. The lowest BCUT2D eigenvalue weighted by Crippen LogP contribution is -2.16. The van der Waals surface area contributed by atoms with E-state index in [1.807, 2.05) is 10.6 Å². The van der Waals surface area contributed by atoms with Crippen LogP contribution in [-0.4, -0.2) is 32.6 Å². The lowest BCUT2D eigenvalue weighted by Gasteiger charge is -2.14. The number of rotatable bonds is 6. The first-order valence-electron chi connectivity index (χ1n) is 10.7. The summed E-state index contributed by atoms with van der Waals surface area (Å²) in [5.41, 5.74) is 2.12. The summed E-state index contributed by atoms with van der Waals surface area (Å²) in [6.45, 7) is 2.48. The van der Waals surface area contributed by atoms with Crippen LogP contribution in [-0.2, 0) is 19.4 Å². The van der Waals surface area contributed by atoms with E-state index in [9.17, 15) is 8.78 Å². The molecule has 1 aliphatic rings. The van der Waals surface area contributed by atoms with Crippen LogP contribution in [0.1, 0.15) is 17.8 Å². The minimum absolute atomic E-state index is 0.233. The zero-order valence-electron chi connectivity index (χ0n) is 17.4. The highest BCUT2D eigenvalue weighted by molar-refractivity contribution is 6.33. The smallest absolute Gasteiger partial charge is 0.164 e. The maximum absolute atomic E-state index is 14.8. The fourth-order valence-corrected chi connectivity index (χ4v) is 4.47. The van der Waals surface area contributed by atoms with Gasteiger partial charge in [-0.1, -0.05) is 35.9 Å². The summed E-state index contributed by atoms with van der Waals surface area (Å²) in [5.74, 6) is 0.775. The van der Waals surface area contributed by atoms with Crippen LogP contribution in [0.4, 0.5) is 8.78 Å². The Kier molecular flexibility index (Phi) is 5.85. The number of aryl methyl sites for hydroxylation is 2. The summed E-state index contributed by atoms with van der Waals surface area (Å²) in [6.07, 6.45) is 3.66. The highest BCUT2D eigenvalue weighted by atomic mass is 35.5. The van der Waals surface area contributed by atoms with Crippen LogP contribution < -0.4 is 5.32 Å². The number of aromatic nitrogens is 4. The summed E-state index contributed by atoms with van der Waals surface area (Å²) in [6, 6.07) is 11.3. The highest BCUT2D eigenvalue weighted by Gasteiger charge is 2.24. The van der Waals surface area contributed by atoms with Gasteiger partial charge in [-0.2, -0.15) is 0 Å². The molecule has 0 bridgehead atoms. The number of nitrogens with zero attached hydrogens (tertiary/aromatic N) is 4. The molecule has 2 aromatic heterocycles. The van der Waals surface area contributed by atoms with Crippen LogP contribution in [0.2, 0.25) is 5.02 Å². The molecule has 1 N–H and O–H groups in total. The van der Waals surface area contributed by atoms with Gasteiger partial charge >= 0.3 is 0 Å². The van der Waals surface area contributed by atoms with E-state index in [2.05, 4.69) is 15.3 Å². The van der Waals surface area contributed by atoms with E-state index < -0.39 is 5.82 Å². The Hall–Kier alpha value is -2.90. The molecule has 2 aromatic carbocycles. The van der Waals surface area contributed by atoms with Crippen LogP contribution in [0.15, 0.2) is 48.7 Å². The van der Waals surface area contributed by atoms with Gasteiger partial charge in [0.25, 0.3) is 0 Å². The van der Waals surface area contributed by atoms with Gasteiger partial charge in [0, 0.05) is 13.0 Å². The second kappa shape index (κ2) is 8.92. The second-order valence-electron chi connectivity index (χ2n) is 8.09. The summed E-state index contributed by atoms with van der Waals surface area (Å²) in [5, 5.41) is 3.67. The van der Waals surface area contributed by atoms with Crippen molar-refractivity contribution in [1.82, 2.24) is 24.8 Å². The van der Waals surface area contributed by atoms with Crippen molar-refractivity contribution in [3.8, 4) is 11.4 Å². The normalized spacial score (nSPS) is 16.2. The first-order chi connectivity index (χ1) is 15.6. The predicted molar refractivity (Wildman–Crippen MR) is 121 cm³/mol. The van der Waals surface area contributed by atoms with Crippen molar-refractivity contribution >= 4 is 22.8 Å². The molecule has 4 aromatic rings. The van der Waals surface area contributed by atoms with Crippen molar-refractivity contribution in [2.24, 2.45) is 5.92 Å². The standard InChI is InChI=1S/C24H22ClF2N5/c25-17-5-3-7-19(27)22(17)24-30-20-13-29-21(9-8-16-4-1-2-6-18(16)26)31-23(20)32(24)14-15-10-11-28-12-15/h1-7,13,15,28H,8-12,14H2. The Morgan fingerprint density at radius 2 is 1.88 bits per heavy atom. The van der Waals surface area contributed by atoms with Crippen molar-refractivity contribution in [2.75, 3.05) is 13.1 Å². The largest absolute Gasteiger partial charge is 0.316 e. The van der Waals surface area contributed by atoms with Gasteiger partial charge in [-0.15, -0.1) is 0 Å². The molecule has 1 aliphatic heterocycles. The fraction of sp³-hybridized carbons (Fsp3) is 0.292. The first-order valence-corrected chi connectivity index (χ1v) is 11.1. The van der Waals surface area contributed by atoms with Gasteiger partial charge in [-0.05, 0) is 55.6 Å². The molecule has 1 fully saturated rings. The Labute approximate surface area is 189 Å². The molecule has 0 spiro atoms. The van der Waals surface area contributed by atoms with Crippen molar-refractivity contribution in [1.29, 1.82) is 0 Å². The number of fused-ring (bicyclic) bond motifs is 1. The van der Waals surface area contributed by atoms with Gasteiger partial charge < -0.3 is 9.88 Å². The van der Waals surface area contributed by atoms with Gasteiger partial charge in [-0.25, -0.2) is 23.7 Å². The zero-order valence-corrected chi connectivity index (χ0v) is 18.1. The first kappa shape index (κ1) is 21.0. The Morgan fingerprint density at radius 3 is 2.66 bits per heavy atom. The highest BCUT2D eigenvalue weighted by Crippen LogP contribution is 2.33. The quantitative estimate of drug-likeness (QED) is 0.455. The van der Waals surface area contributed by atoms with Crippen molar-refractivity contribution in [2.45, 2.75) is 25.8 Å². The predicted octanol–water partition coefficient (Wildman–Crippen LogP) is 4.82. The van der Waals surface area contributed by atoms with Crippen molar-refractivity contribution in [3.05, 3.63) is 76.7 Å². The van der Waals surface area contributed by atoms with Crippen molar-refractivity contribution in [3.63, 3.8) is 0 Å². The molecule has 164 valence electrons. The van der Waals surface area contributed by atoms with E-state index in [1.54, 1.807) is 30.5 Å². The number of halogens is 3. The number of hydrogen-bond donors (Lipinski definition) is 1. The number of benzene rings is 2. The molecule has 3 heterocycles. The van der Waals surface area contributed by atoms with Gasteiger partial charge in [0.15, 0.2) is 5.65 Å². The van der Waals surface area contributed by atoms with Crippen LogP contribution in [0.25, 0.3) is 22.6 Å². The average molecular weight is 454 g/mol. The van der Waals surface area contributed by atoms with Gasteiger partial charge in [0.05, 0.1) is 16.8 Å². The molecular formula is C24H22ClF2N5. The van der Waals surface area contributed by atoms with E-state index in [0.29, 0.717) is 58.7 Å². The molecule has 32 heavy (non-hydrogen) atoms. The molecular weight excluding hydrogens is 432 g/mol. The Balaban J connectivity index is 1.55. The van der Waals surface area contributed by atoms with Crippen LogP contribution >= 0.6 is 11.6 Å². The van der Waals surface area contributed by atoms with Gasteiger partial charge in [0.1, 0.15) is 28.8 Å². The second-order valence-corrected chi connectivity index (χ2v) is 8.50. The molecule has 5 nitrogen and oxygen atoms in total. The molecule has 5 rings (SSSR count). The molecule has 0 saturated carbocycles. The monoisotopic (exact) mass is 453 g/mol. The topological polar surface area (TPSA) is 55.6 Å². The summed E-state index contributed by atoms with van der Waals surface area (Å²) in [4.78, 5) is 13.8.